The van der Waals surface area contributed by atoms with Crippen LogP contribution < -0.4 is 5.56 Å². The molecule has 1 N–H and O–H groups in total. The second kappa shape index (κ2) is 4.33. The number of rotatable bonds is 1. The third-order valence-corrected chi connectivity index (χ3v) is 4.85. The number of nitrogens with zero attached hydrogens (tertiary/aromatic N) is 1. The van der Waals surface area contributed by atoms with E-state index in [9.17, 15) is 4.79 Å². The minimum absolute atomic E-state index is 0.0946. The van der Waals surface area contributed by atoms with Crippen LogP contribution in [0.4, 0.5) is 0 Å². The molecule has 0 fully saturated rings. The summed E-state index contributed by atoms with van der Waals surface area (Å²) in [5.74, 6) is 0.640. The predicted molar refractivity (Wildman–Crippen MR) is 78.1 cm³/mol. The molecule has 0 spiro atoms. The number of thiophene rings is 1. The zero-order valence-corrected chi connectivity index (χ0v) is 11.9. The van der Waals surface area contributed by atoms with Gasteiger partial charge in [-0.3, -0.25) is 4.79 Å². The van der Waals surface area contributed by atoms with Crippen LogP contribution >= 0.6 is 27.3 Å². The topological polar surface area (TPSA) is 45.8 Å². The van der Waals surface area contributed by atoms with Crippen LogP contribution in [0.3, 0.4) is 0 Å². The maximum Gasteiger partial charge on any atom is 0.260 e. The van der Waals surface area contributed by atoms with Crippen LogP contribution in [0, 0.1) is 6.92 Å². The summed E-state index contributed by atoms with van der Waals surface area (Å²) < 4.78 is 0.822. The van der Waals surface area contributed by atoms with E-state index in [1.54, 1.807) is 6.92 Å². The smallest absolute Gasteiger partial charge is 0.260 e. The summed E-state index contributed by atoms with van der Waals surface area (Å²) in [5, 5.41) is 0.629. The van der Waals surface area contributed by atoms with E-state index in [1.807, 2.05) is 30.3 Å². The van der Waals surface area contributed by atoms with E-state index < -0.39 is 0 Å². The lowest BCUT2D eigenvalue weighted by Crippen LogP contribution is -2.08. The summed E-state index contributed by atoms with van der Waals surface area (Å²) in [5.41, 5.74) is 0.993. The van der Waals surface area contributed by atoms with Gasteiger partial charge in [0.2, 0.25) is 0 Å². The molecule has 5 heteroatoms. The van der Waals surface area contributed by atoms with Crippen LogP contribution in [0.5, 0.6) is 0 Å². The lowest BCUT2D eigenvalue weighted by atomic mass is 10.2. The average molecular weight is 321 g/mol. The number of aryl methyl sites for hydroxylation is 1. The molecule has 18 heavy (non-hydrogen) atoms. The Balaban J connectivity index is 2.37. The van der Waals surface area contributed by atoms with E-state index in [-0.39, 0.29) is 5.56 Å². The SMILES string of the molecule is Cc1nc2sc(-c3ccccc3)c(Br)c2c(=O)[nH]1. The largest absolute Gasteiger partial charge is 0.310 e. The molecule has 0 saturated carbocycles. The van der Waals surface area contributed by atoms with Gasteiger partial charge in [0.1, 0.15) is 10.7 Å². The minimum Gasteiger partial charge on any atom is -0.310 e. The van der Waals surface area contributed by atoms with Crippen LogP contribution in [-0.2, 0) is 0 Å². The van der Waals surface area contributed by atoms with Gasteiger partial charge in [0.05, 0.1) is 14.7 Å². The maximum atomic E-state index is 11.9. The van der Waals surface area contributed by atoms with Crippen LogP contribution in [0.2, 0.25) is 0 Å². The quantitative estimate of drug-likeness (QED) is 0.742. The number of fused-ring (bicyclic) bond motifs is 1. The Morgan fingerprint density at radius 1 is 1.28 bits per heavy atom. The van der Waals surface area contributed by atoms with Crippen molar-refractivity contribution in [2.75, 3.05) is 0 Å². The van der Waals surface area contributed by atoms with E-state index in [4.69, 9.17) is 0 Å². The fourth-order valence-electron chi connectivity index (χ4n) is 1.86. The first-order chi connectivity index (χ1) is 8.66. The zero-order chi connectivity index (χ0) is 12.7. The lowest BCUT2D eigenvalue weighted by Gasteiger charge is -1.96. The number of hydrogen-bond acceptors (Lipinski definition) is 3. The van der Waals surface area contributed by atoms with E-state index >= 15 is 0 Å². The summed E-state index contributed by atoms with van der Waals surface area (Å²) in [4.78, 5) is 20.9. The van der Waals surface area contributed by atoms with E-state index in [2.05, 4.69) is 25.9 Å². The molecule has 0 aliphatic carbocycles. The van der Waals surface area contributed by atoms with Crippen LogP contribution in [0.15, 0.2) is 39.6 Å². The van der Waals surface area contributed by atoms with Gasteiger partial charge in [-0.25, -0.2) is 4.98 Å². The molecule has 90 valence electrons. The Morgan fingerprint density at radius 3 is 2.72 bits per heavy atom. The van der Waals surface area contributed by atoms with Gasteiger partial charge in [-0.2, -0.15) is 0 Å². The molecule has 0 saturated heterocycles. The number of aromatic nitrogens is 2. The zero-order valence-electron chi connectivity index (χ0n) is 9.53. The molecule has 0 atom stereocenters. The predicted octanol–water partition coefficient (Wildman–Crippen LogP) is 3.72. The van der Waals surface area contributed by atoms with E-state index in [0.717, 1.165) is 19.7 Å². The first kappa shape index (κ1) is 11.6. The molecule has 0 radical (unpaired) electrons. The van der Waals surface area contributed by atoms with Gasteiger partial charge >= 0.3 is 0 Å². The molecule has 0 bridgehead atoms. The number of benzene rings is 1. The Hall–Kier alpha value is -1.46. The highest BCUT2D eigenvalue weighted by molar-refractivity contribution is 9.10. The Bertz CT molecular complexity index is 777. The van der Waals surface area contributed by atoms with E-state index in [0.29, 0.717) is 11.2 Å². The summed E-state index contributed by atoms with van der Waals surface area (Å²) >= 11 is 5.04. The van der Waals surface area contributed by atoms with Crippen molar-refractivity contribution in [3.05, 3.63) is 51.0 Å². The number of aromatic amines is 1. The van der Waals surface area contributed by atoms with Gasteiger partial charge in [-0.1, -0.05) is 30.3 Å². The van der Waals surface area contributed by atoms with Crippen LogP contribution in [0.25, 0.3) is 20.7 Å². The van der Waals surface area contributed by atoms with Crippen molar-refractivity contribution in [1.29, 1.82) is 0 Å². The summed E-state index contributed by atoms with van der Waals surface area (Å²) in [6, 6.07) is 9.98. The second-order valence-electron chi connectivity index (χ2n) is 3.94. The lowest BCUT2D eigenvalue weighted by molar-refractivity contribution is 1.06. The van der Waals surface area contributed by atoms with Crippen molar-refractivity contribution in [2.24, 2.45) is 0 Å². The fourth-order valence-corrected chi connectivity index (χ4v) is 3.95. The molecule has 0 amide bonds. The van der Waals surface area contributed by atoms with Gasteiger partial charge in [-0.15, -0.1) is 11.3 Å². The molecule has 0 unspecified atom stereocenters. The van der Waals surface area contributed by atoms with Gasteiger partial charge in [0.15, 0.2) is 0 Å². The highest BCUT2D eigenvalue weighted by atomic mass is 79.9. The second-order valence-corrected chi connectivity index (χ2v) is 5.73. The summed E-state index contributed by atoms with van der Waals surface area (Å²) in [7, 11) is 0. The first-order valence-corrected chi connectivity index (χ1v) is 7.02. The van der Waals surface area contributed by atoms with Gasteiger partial charge < -0.3 is 4.98 Å². The summed E-state index contributed by atoms with van der Waals surface area (Å²) in [6.45, 7) is 1.79. The standard InChI is InChI=1S/C13H9BrN2OS/c1-7-15-12(17)9-10(14)11(18-13(9)16-7)8-5-3-2-4-6-8/h2-6H,1H3,(H,15,16,17). The molecule has 3 nitrogen and oxygen atoms in total. The van der Waals surface area contributed by atoms with Crippen LogP contribution in [0.1, 0.15) is 5.82 Å². The molecule has 0 aliphatic heterocycles. The Kier molecular flexibility index (Phi) is 2.80. The molecular formula is C13H9BrN2OS. The van der Waals surface area contributed by atoms with Crippen molar-refractivity contribution in [2.45, 2.75) is 6.92 Å². The molecule has 3 rings (SSSR count). The summed E-state index contributed by atoms with van der Waals surface area (Å²) in [6.07, 6.45) is 0. The molecular weight excluding hydrogens is 312 g/mol. The third kappa shape index (κ3) is 1.79. The van der Waals surface area contributed by atoms with Gasteiger partial charge in [0, 0.05) is 0 Å². The average Bonchev–Trinajstić information content (AvgIpc) is 2.67. The highest BCUT2D eigenvalue weighted by Crippen LogP contribution is 2.39. The minimum atomic E-state index is -0.0946. The molecule has 2 aromatic heterocycles. The number of hydrogen-bond donors (Lipinski definition) is 1. The Labute approximate surface area is 116 Å². The molecule has 0 aliphatic rings. The van der Waals surface area contributed by atoms with Gasteiger partial charge in [0.25, 0.3) is 5.56 Å². The Morgan fingerprint density at radius 2 is 2.00 bits per heavy atom. The third-order valence-electron chi connectivity index (χ3n) is 2.66. The normalized spacial score (nSPS) is 11.0. The molecule has 1 aromatic carbocycles. The van der Waals surface area contributed by atoms with Crippen molar-refractivity contribution in [1.82, 2.24) is 9.97 Å². The number of halogens is 1. The van der Waals surface area contributed by atoms with E-state index in [1.165, 1.54) is 11.3 Å². The first-order valence-electron chi connectivity index (χ1n) is 5.41. The highest BCUT2D eigenvalue weighted by Gasteiger charge is 2.15. The van der Waals surface area contributed by atoms with Crippen molar-refractivity contribution in [3.8, 4) is 10.4 Å². The fraction of sp³-hybridized carbons (Fsp3) is 0.0769. The molecule has 3 aromatic rings. The number of nitrogens with one attached hydrogen (secondary N) is 1. The number of H-pyrrole nitrogens is 1. The van der Waals surface area contributed by atoms with Crippen molar-refractivity contribution in [3.63, 3.8) is 0 Å². The molecule has 2 heterocycles. The van der Waals surface area contributed by atoms with Gasteiger partial charge in [-0.05, 0) is 28.4 Å². The maximum absolute atomic E-state index is 11.9. The van der Waals surface area contributed by atoms with Crippen LogP contribution in [-0.4, -0.2) is 9.97 Å². The van der Waals surface area contributed by atoms with Crippen molar-refractivity contribution < 1.29 is 0 Å². The monoisotopic (exact) mass is 320 g/mol. The van der Waals surface area contributed by atoms with Crippen molar-refractivity contribution >= 4 is 37.5 Å².